The minimum Gasteiger partial charge on any atom is -0.511 e. The fraction of sp³-hybridized carbons (Fsp3) is 0.516. The molecule has 1 fully saturated rings. The Morgan fingerprint density at radius 1 is 1.11 bits per heavy atom. The second kappa shape index (κ2) is 11.6. The number of benzene rings is 2. The molecule has 0 saturated heterocycles. The predicted octanol–water partition coefficient (Wildman–Crippen LogP) is 6.74. The number of aliphatic hydroxyl groups is 2. The summed E-state index contributed by atoms with van der Waals surface area (Å²) in [5.41, 5.74) is 1.99. The van der Waals surface area contributed by atoms with E-state index in [1.54, 1.807) is 12.1 Å². The molecule has 1 aliphatic carbocycles. The summed E-state index contributed by atoms with van der Waals surface area (Å²) < 4.78 is 12.0. The lowest BCUT2D eigenvalue weighted by molar-refractivity contribution is -0.166. The summed E-state index contributed by atoms with van der Waals surface area (Å²) in [6.45, 7) is 8.37. The van der Waals surface area contributed by atoms with Crippen LogP contribution >= 0.6 is 11.8 Å². The molecule has 2 aromatic carbocycles. The molecule has 38 heavy (non-hydrogen) atoms. The van der Waals surface area contributed by atoms with E-state index in [4.69, 9.17) is 9.47 Å². The van der Waals surface area contributed by atoms with Gasteiger partial charge < -0.3 is 24.8 Å². The number of carbonyl (C=O) groups is 1. The molecule has 1 aliphatic heterocycles. The average Bonchev–Trinajstić information content (AvgIpc) is 3.40. The van der Waals surface area contributed by atoms with Gasteiger partial charge in [-0.3, -0.25) is 0 Å². The van der Waals surface area contributed by atoms with Crippen LogP contribution in [0.2, 0.25) is 0 Å². The molecule has 0 bridgehead atoms. The van der Waals surface area contributed by atoms with E-state index in [1.807, 2.05) is 31.2 Å². The molecule has 0 aromatic heterocycles. The van der Waals surface area contributed by atoms with Crippen LogP contribution in [-0.4, -0.2) is 40.1 Å². The summed E-state index contributed by atoms with van der Waals surface area (Å²) >= 11 is 1.26. The molecule has 3 N–H and O–H groups in total. The maximum atomic E-state index is 13.5. The SMILES string of the molecule is Cc1cc(SC2=C(O)CC(CCc3ccc(O)cc3)(C3CCCC3)OC2=O)c(C(C)(C)C)cc1OCCO. The van der Waals surface area contributed by atoms with E-state index in [1.165, 1.54) is 11.8 Å². The molecule has 6 nitrogen and oxygen atoms in total. The molecule has 0 radical (unpaired) electrons. The first-order chi connectivity index (χ1) is 18.0. The summed E-state index contributed by atoms with van der Waals surface area (Å²) in [5, 5.41) is 30.2. The van der Waals surface area contributed by atoms with Crippen molar-refractivity contribution in [2.75, 3.05) is 13.2 Å². The second-order valence-corrected chi connectivity index (χ2v) is 12.6. The molecule has 1 saturated carbocycles. The van der Waals surface area contributed by atoms with Crippen LogP contribution in [0.1, 0.15) is 76.0 Å². The summed E-state index contributed by atoms with van der Waals surface area (Å²) in [7, 11) is 0. The van der Waals surface area contributed by atoms with E-state index in [-0.39, 0.29) is 41.0 Å². The smallest absolute Gasteiger partial charge is 0.349 e. The zero-order valence-electron chi connectivity index (χ0n) is 22.9. The van der Waals surface area contributed by atoms with Crippen molar-refractivity contribution in [3.05, 3.63) is 63.8 Å². The van der Waals surface area contributed by atoms with Crippen molar-refractivity contribution in [3.63, 3.8) is 0 Å². The third-order valence-corrected chi connectivity index (χ3v) is 8.89. The number of aliphatic hydroxyl groups excluding tert-OH is 2. The van der Waals surface area contributed by atoms with Crippen LogP contribution < -0.4 is 4.74 Å². The van der Waals surface area contributed by atoms with Gasteiger partial charge in [-0.05, 0) is 84.9 Å². The monoisotopic (exact) mass is 540 g/mol. The van der Waals surface area contributed by atoms with E-state index >= 15 is 0 Å². The quantitative estimate of drug-likeness (QED) is 0.303. The molecule has 1 atom stereocenters. The van der Waals surface area contributed by atoms with Crippen molar-refractivity contribution in [2.24, 2.45) is 5.92 Å². The van der Waals surface area contributed by atoms with E-state index in [0.717, 1.165) is 47.3 Å². The Morgan fingerprint density at radius 2 is 1.79 bits per heavy atom. The van der Waals surface area contributed by atoms with Gasteiger partial charge in [-0.25, -0.2) is 4.79 Å². The number of rotatable bonds is 9. The lowest BCUT2D eigenvalue weighted by Gasteiger charge is -2.41. The van der Waals surface area contributed by atoms with Gasteiger partial charge in [0.2, 0.25) is 0 Å². The van der Waals surface area contributed by atoms with E-state index in [9.17, 15) is 20.1 Å². The third-order valence-electron chi connectivity index (χ3n) is 7.73. The molecule has 4 rings (SSSR count). The van der Waals surface area contributed by atoms with Gasteiger partial charge in [-0.15, -0.1) is 0 Å². The van der Waals surface area contributed by atoms with Crippen molar-refractivity contribution in [3.8, 4) is 11.5 Å². The van der Waals surface area contributed by atoms with E-state index in [0.29, 0.717) is 25.0 Å². The molecular weight excluding hydrogens is 500 g/mol. The summed E-state index contributed by atoms with van der Waals surface area (Å²) in [4.78, 5) is 14.7. The molecule has 2 aromatic rings. The topological polar surface area (TPSA) is 96.2 Å². The highest BCUT2D eigenvalue weighted by Gasteiger charge is 2.48. The van der Waals surface area contributed by atoms with Crippen LogP contribution in [0.5, 0.6) is 11.5 Å². The predicted molar refractivity (Wildman–Crippen MR) is 150 cm³/mol. The number of aromatic hydroxyl groups is 1. The van der Waals surface area contributed by atoms with E-state index in [2.05, 4.69) is 20.8 Å². The number of phenols is 1. The molecule has 0 spiro atoms. The van der Waals surface area contributed by atoms with Gasteiger partial charge >= 0.3 is 5.97 Å². The Labute approximate surface area is 230 Å². The Balaban J connectivity index is 1.63. The highest BCUT2D eigenvalue weighted by atomic mass is 32.2. The Hall–Kier alpha value is -2.64. The van der Waals surface area contributed by atoms with Crippen molar-refractivity contribution in [1.29, 1.82) is 0 Å². The highest BCUT2D eigenvalue weighted by Crippen LogP contribution is 2.49. The molecule has 7 heteroatoms. The second-order valence-electron chi connectivity index (χ2n) is 11.6. The summed E-state index contributed by atoms with van der Waals surface area (Å²) in [6.07, 6.45) is 5.82. The number of aryl methyl sites for hydroxylation is 2. The fourth-order valence-electron chi connectivity index (χ4n) is 5.64. The minimum absolute atomic E-state index is 0.0666. The average molecular weight is 541 g/mol. The number of phenolic OH excluding ortho intramolecular Hbond substituents is 1. The first kappa shape index (κ1) is 28.4. The van der Waals surface area contributed by atoms with Gasteiger partial charge in [0.1, 0.15) is 34.4 Å². The lowest BCUT2D eigenvalue weighted by atomic mass is 9.77. The van der Waals surface area contributed by atoms with Gasteiger partial charge in [0, 0.05) is 11.3 Å². The van der Waals surface area contributed by atoms with Gasteiger partial charge in [-0.2, -0.15) is 0 Å². The lowest BCUT2D eigenvalue weighted by Crippen LogP contribution is -2.45. The first-order valence-electron chi connectivity index (χ1n) is 13.5. The number of carbonyl (C=O) groups excluding carboxylic acids is 1. The van der Waals surface area contributed by atoms with Crippen LogP contribution in [0.4, 0.5) is 0 Å². The van der Waals surface area contributed by atoms with Gasteiger partial charge in [0.25, 0.3) is 0 Å². The number of ether oxygens (including phenoxy) is 2. The van der Waals surface area contributed by atoms with Gasteiger partial charge in [0.05, 0.1) is 6.61 Å². The molecule has 1 heterocycles. The summed E-state index contributed by atoms with van der Waals surface area (Å²) in [6, 6.07) is 11.1. The van der Waals surface area contributed by atoms with Crippen molar-refractivity contribution in [2.45, 2.75) is 88.6 Å². The fourth-order valence-corrected chi connectivity index (χ4v) is 6.89. The largest absolute Gasteiger partial charge is 0.511 e. The zero-order valence-corrected chi connectivity index (χ0v) is 23.7. The Kier molecular flexibility index (Phi) is 8.68. The van der Waals surface area contributed by atoms with Crippen LogP contribution in [0, 0.1) is 12.8 Å². The molecular formula is C31H40O6S. The minimum atomic E-state index is -0.732. The Morgan fingerprint density at radius 3 is 2.39 bits per heavy atom. The maximum Gasteiger partial charge on any atom is 0.349 e. The highest BCUT2D eigenvalue weighted by molar-refractivity contribution is 8.04. The number of cyclic esters (lactones) is 1. The van der Waals surface area contributed by atoms with Crippen molar-refractivity contribution >= 4 is 17.7 Å². The van der Waals surface area contributed by atoms with E-state index < -0.39 is 11.6 Å². The first-order valence-corrected chi connectivity index (χ1v) is 14.3. The number of esters is 1. The van der Waals surface area contributed by atoms with Crippen LogP contribution in [0.15, 0.2) is 52.0 Å². The molecule has 0 amide bonds. The zero-order chi connectivity index (χ0) is 27.5. The van der Waals surface area contributed by atoms with Gasteiger partial charge in [0.15, 0.2) is 0 Å². The normalized spacial score (nSPS) is 20.6. The van der Waals surface area contributed by atoms with Crippen molar-refractivity contribution in [1.82, 2.24) is 0 Å². The summed E-state index contributed by atoms with van der Waals surface area (Å²) in [5.74, 6) is 0.778. The number of hydrogen-bond donors (Lipinski definition) is 3. The maximum absolute atomic E-state index is 13.5. The third kappa shape index (κ3) is 6.32. The Bertz CT molecular complexity index is 1170. The van der Waals surface area contributed by atoms with Gasteiger partial charge in [-0.1, -0.05) is 57.5 Å². The molecule has 2 aliphatic rings. The van der Waals surface area contributed by atoms with Crippen LogP contribution in [-0.2, 0) is 21.4 Å². The van der Waals surface area contributed by atoms with Crippen LogP contribution in [0.25, 0.3) is 0 Å². The standard InChI is InChI=1S/C31H40O6S/c1-20-17-27(24(30(2,3)4)18-26(20)36-16-15-32)38-28-25(34)19-31(37-29(28)35,22-7-5-6-8-22)14-13-21-9-11-23(33)12-10-21/h9-12,17-18,22,32-34H,5-8,13-16,19H2,1-4H3. The van der Waals surface area contributed by atoms with Crippen LogP contribution in [0.3, 0.4) is 0 Å². The molecule has 1 unspecified atom stereocenters. The number of thioether (sulfide) groups is 1. The number of hydrogen-bond acceptors (Lipinski definition) is 7. The molecule has 206 valence electrons. The van der Waals surface area contributed by atoms with Crippen molar-refractivity contribution < 1.29 is 29.6 Å².